The molecule has 138 valence electrons. The molecule has 1 aromatic rings. The largest absolute Gasteiger partial charge is 0.342 e. The summed E-state index contributed by atoms with van der Waals surface area (Å²) in [4.78, 5) is 27.2. The maximum absolute atomic E-state index is 12.8. The number of anilines is 1. The van der Waals surface area contributed by atoms with Crippen LogP contribution in [0.4, 0.5) is 5.69 Å². The molecule has 3 atom stereocenters. The van der Waals surface area contributed by atoms with Gasteiger partial charge in [0, 0.05) is 24.7 Å². The van der Waals surface area contributed by atoms with E-state index in [1.54, 1.807) is 0 Å². The molecule has 3 N–H and O–H groups in total. The average Bonchev–Trinajstić information content (AvgIpc) is 3.10. The van der Waals surface area contributed by atoms with E-state index in [0.29, 0.717) is 19.0 Å². The predicted octanol–water partition coefficient (Wildman–Crippen LogP) is 2.66. The summed E-state index contributed by atoms with van der Waals surface area (Å²) < 4.78 is 0. The van der Waals surface area contributed by atoms with Gasteiger partial charge in [0.25, 0.3) is 0 Å². The monoisotopic (exact) mass is 365 g/mol. The summed E-state index contributed by atoms with van der Waals surface area (Å²) >= 11 is 0. The number of halogens is 1. The third-order valence-corrected chi connectivity index (χ3v) is 5.42. The van der Waals surface area contributed by atoms with Crippen molar-refractivity contribution in [2.24, 2.45) is 23.5 Å². The highest BCUT2D eigenvalue weighted by atomic mass is 35.5. The fourth-order valence-corrected chi connectivity index (χ4v) is 4.04. The zero-order valence-electron chi connectivity index (χ0n) is 14.5. The number of hydrogen-bond donors (Lipinski definition) is 2. The van der Waals surface area contributed by atoms with Crippen LogP contribution in [-0.4, -0.2) is 36.3 Å². The topological polar surface area (TPSA) is 75.4 Å². The molecular formula is C19H28ClN3O2. The number of carbonyl (C=O) groups is 2. The van der Waals surface area contributed by atoms with E-state index < -0.39 is 0 Å². The highest BCUT2D eigenvalue weighted by Crippen LogP contribution is 2.33. The zero-order chi connectivity index (χ0) is 16.9. The van der Waals surface area contributed by atoms with Crippen LogP contribution in [0.5, 0.6) is 0 Å². The molecule has 0 radical (unpaired) electrons. The summed E-state index contributed by atoms with van der Waals surface area (Å²) in [5.41, 5.74) is 6.63. The first-order valence-corrected chi connectivity index (χ1v) is 9.04. The quantitative estimate of drug-likeness (QED) is 0.861. The van der Waals surface area contributed by atoms with E-state index in [9.17, 15) is 9.59 Å². The normalized spacial score (nSPS) is 26.0. The Labute approximate surface area is 155 Å². The molecule has 1 heterocycles. The van der Waals surface area contributed by atoms with Crippen molar-refractivity contribution in [3.63, 3.8) is 0 Å². The molecule has 0 spiro atoms. The van der Waals surface area contributed by atoms with Gasteiger partial charge in [0.15, 0.2) is 0 Å². The Morgan fingerprint density at radius 2 is 1.88 bits per heavy atom. The molecule has 6 heteroatoms. The predicted molar refractivity (Wildman–Crippen MR) is 102 cm³/mol. The Hall–Kier alpha value is -1.59. The van der Waals surface area contributed by atoms with Crippen LogP contribution in [-0.2, 0) is 9.59 Å². The molecule has 1 saturated heterocycles. The Balaban J connectivity index is 0.00000225. The van der Waals surface area contributed by atoms with Crippen molar-refractivity contribution in [2.45, 2.75) is 32.1 Å². The number of piperidine rings is 1. The van der Waals surface area contributed by atoms with Gasteiger partial charge >= 0.3 is 0 Å². The number of amides is 2. The molecule has 25 heavy (non-hydrogen) atoms. The molecule has 1 unspecified atom stereocenters. The summed E-state index contributed by atoms with van der Waals surface area (Å²) in [6, 6.07) is 9.49. The number of nitrogens with two attached hydrogens (primary N) is 1. The standard InChI is InChI=1S/C19H27N3O2.ClH/c20-12-14-6-4-10-17(14)19(24)22-11-5-7-15(13-22)18(23)21-16-8-2-1-3-9-16;/h1-3,8-9,14-15,17H,4-7,10-13,20H2,(H,21,23);1H/t14-,15?,17-;/m1./s1. The van der Waals surface area contributed by atoms with Crippen LogP contribution in [0.3, 0.4) is 0 Å². The molecular weight excluding hydrogens is 338 g/mol. The second-order valence-electron chi connectivity index (χ2n) is 7.01. The van der Waals surface area contributed by atoms with E-state index in [2.05, 4.69) is 5.32 Å². The van der Waals surface area contributed by atoms with Crippen molar-refractivity contribution in [3.05, 3.63) is 30.3 Å². The number of benzene rings is 1. The maximum Gasteiger partial charge on any atom is 0.229 e. The number of para-hydroxylation sites is 1. The molecule has 2 amide bonds. The van der Waals surface area contributed by atoms with Crippen LogP contribution >= 0.6 is 12.4 Å². The fraction of sp³-hybridized carbons (Fsp3) is 0.579. The van der Waals surface area contributed by atoms with Gasteiger partial charge < -0.3 is 16.0 Å². The van der Waals surface area contributed by atoms with Crippen molar-refractivity contribution in [2.75, 3.05) is 25.0 Å². The SMILES string of the molecule is Cl.NC[C@H]1CCC[C@H]1C(=O)N1CCCC(C(=O)Nc2ccccc2)C1. The van der Waals surface area contributed by atoms with Gasteiger partial charge in [-0.05, 0) is 50.3 Å². The lowest BCUT2D eigenvalue weighted by atomic mass is 9.91. The first-order valence-electron chi connectivity index (χ1n) is 9.04. The van der Waals surface area contributed by atoms with Crippen molar-refractivity contribution in [1.29, 1.82) is 0 Å². The Morgan fingerprint density at radius 3 is 2.60 bits per heavy atom. The van der Waals surface area contributed by atoms with E-state index in [4.69, 9.17) is 5.73 Å². The van der Waals surface area contributed by atoms with Gasteiger partial charge in [0.05, 0.1) is 5.92 Å². The van der Waals surface area contributed by atoms with Gasteiger partial charge in [0.2, 0.25) is 11.8 Å². The molecule has 0 aromatic heterocycles. The van der Waals surface area contributed by atoms with E-state index in [1.807, 2.05) is 35.2 Å². The minimum Gasteiger partial charge on any atom is -0.342 e. The number of likely N-dealkylation sites (tertiary alicyclic amines) is 1. The minimum atomic E-state index is -0.124. The molecule has 5 nitrogen and oxygen atoms in total. The lowest BCUT2D eigenvalue weighted by molar-refractivity contribution is -0.139. The summed E-state index contributed by atoms with van der Waals surface area (Å²) in [7, 11) is 0. The molecule has 2 fully saturated rings. The summed E-state index contributed by atoms with van der Waals surface area (Å²) in [6.07, 6.45) is 4.81. The highest BCUT2D eigenvalue weighted by molar-refractivity contribution is 5.93. The van der Waals surface area contributed by atoms with Crippen LogP contribution in [0.1, 0.15) is 32.1 Å². The summed E-state index contributed by atoms with van der Waals surface area (Å²) in [5, 5.41) is 2.96. The third kappa shape index (κ3) is 4.73. The molecule has 3 rings (SSSR count). The van der Waals surface area contributed by atoms with Crippen LogP contribution in [0.15, 0.2) is 30.3 Å². The number of hydrogen-bond acceptors (Lipinski definition) is 3. The number of carbonyl (C=O) groups excluding carboxylic acids is 2. The first kappa shape index (κ1) is 19.7. The summed E-state index contributed by atoms with van der Waals surface area (Å²) in [6.45, 7) is 1.88. The maximum atomic E-state index is 12.8. The molecule has 1 aliphatic carbocycles. The van der Waals surface area contributed by atoms with E-state index >= 15 is 0 Å². The van der Waals surface area contributed by atoms with Crippen molar-refractivity contribution in [3.8, 4) is 0 Å². The number of rotatable bonds is 4. The van der Waals surface area contributed by atoms with Crippen LogP contribution in [0.2, 0.25) is 0 Å². The zero-order valence-corrected chi connectivity index (χ0v) is 15.3. The minimum absolute atomic E-state index is 0. The van der Waals surface area contributed by atoms with Gasteiger partial charge in [-0.25, -0.2) is 0 Å². The second-order valence-corrected chi connectivity index (χ2v) is 7.01. The van der Waals surface area contributed by atoms with Gasteiger partial charge in [0.1, 0.15) is 0 Å². The van der Waals surface area contributed by atoms with Gasteiger partial charge in [-0.15, -0.1) is 12.4 Å². The highest BCUT2D eigenvalue weighted by Gasteiger charge is 2.37. The van der Waals surface area contributed by atoms with Crippen molar-refractivity contribution < 1.29 is 9.59 Å². The van der Waals surface area contributed by atoms with Gasteiger partial charge in [-0.3, -0.25) is 9.59 Å². The van der Waals surface area contributed by atoms with Crippen molar-refractivity contribution in [1.82, 2.24) is 4.90 Å². The average molecular weight is 366 g/mol. The van der Waals surface area contributed by atoms with Crippen molar-refractivity contribution >= 4 is 29.9 Å². The van der Waals surface area contributed by atoms with E-state index in [1.165, 1.54) is 0 Å². The van der Waals surface area contributed by atoms with Gasteiger partial charge in [-0.1, -0.05) is 24.6 Å². The fourth-order valence-electron chi connectivity index (χ4n) is 4.04. The number of nitrogens with one attached hydrogen (secondary N) is 1. The Kier molecular flexibility index (Phi) is 7.26. The molecule has 1 aliphatic heterocycles. The molecule has 1 saturated carbocycles. The van der Waals surface area contributed by atoms with E-state index in [-0.39, 0.29) is 36.1 Å². The third-order valence-electron chi connectivity index (χ3n) is 5.42. The Morgan fingerprint density at radius 1 is 1.12 bits per heavy atom. The van der Waals surface area contributed by atoms with Gasteiger partial charge in [-0.2, -0.15) is 0 Å². The Bertz CT molecular complexity index is 581. The molecule has 0 bridgehead atoms. The smallest absolute Gasteiger partial charge is 0.229 e. The lowest BCUT2D eigenvalue weighted by Crippen LogP contribution is -2.47. The number of nitrogens with zero attached hydrogens (tertiary/aromatic N) is 1. The lowest BCUT2D eigenvalue weighted by Gasteiger charge is -2.34. The van der Waals surface area contributed by atoms with Crippen LogP contribution in [0, 0.1) is 17.8 Å². The molecule has 2 aliphatic rings. The van der Waals surface area contributed by atoms with Crippen LogP contribution in [0.25, 0.3) is 0 Å². The van der Waals surface area contributed by atoms with Crippen LogP contribution < -0.4 is 11.1 Å². The second kappa shape index (κ2) is 9.20. The first-order chi connectivity index (χ1) is 11.7. The van der Waals surface area contributed by atoms with E-state index in [0.717, 1.165) is 44.3 Å². The molecule has 1 aromatic carbocycles. The summed E-state index contributed by atoms with van der Waals surface area (Å²) in [5.74, 6) is 0.475.